The van der Waals surface area contributed by atoms with E-state index >= 15 is 0 Å². The lowest BCUT2D eigenvalue weighted by molar-refractivity contribution is 0.122. The molecule has 180 valence electrons. The fraction of sp³-hybridized carbons (Fsp3) is 0.273. The molecular formula is C22H22N8O3S2. The smallest absolute Gasteiger partial charge is 0.229 e. The lowest BCUT2D eigenvalue weighted by Crippen LogP contribution is -2.37. The number of aromatic amines is 1. The molecule has 11 nitrogen and oxygen atoms in total. The monoisotopic (exact) mass is 510 g/mol. The number of hydrogen-bond acceptors (Lipinski definition) is 10. The Balaban J connectivity index is 1.36. The Hall–Kier alpha value is -3.55. The Labute approximate surface area is 204 Å². The molecule has 6 rings (SSSR count). The number of hydrogen-bond donors (Lipinski definition) is 2. The van der Waals surface area contributed by atoms with Crippen molar-refractivity contribution in [3.63, 3.8) is 0 Å². The summed E-state index contributed by atoms with van der Waals surface area (Å²) >= 11 is 1.61. The van der Waals surface area contributed by atoms with Gasteiger partial charge in [-0.1, -0.05) is 0 Å². The quantitative estimate of drug-likeness (QED) is 0.354. The van der Waals surface area contributed by atoms with Crippen LogP contribution >= 0.6 is 11.3 Å². The number of nitrogens with zero attached hydrogens (tertiary/aromatic N) is 6. The van der Waals surface area contributed by atoms with Gasteiger partial charge >= 0.3 is 0 Å². The Kier molecular flexibility index (Phi) is 5.39. The van der Waals surface area contributed by atoms with Gasteiger partial charge < -0.3 is 19.9 Å². The molecule has 0 radical (unpaired) electrons. The van der Waals surface area contributed by atoms with Gasteiger partial charge in [-0.25, -0.2) is 18.4 Å². The van der Waals surface area contributed by atoms with Gasteiger partial charge in [0.2, 0.25) is 5.95 Å². The van der Waals surface area contributed by atoms with E-state index in [0.717, 1.165) is 11.2 Å². The first kappa shape index (κ1) is 21.9. The lowest BCUT2D eigenvalue weighted by Gasteiger charge is -2.27. The molecule has 0 spiro atoms. The van der Waals surface area contributed by atoms with Crippen LogP contribution in [0.2, 0.25) is 0 Å². The van der Waals surface area contributed by atoms with E-state index < -0.39 is 9.84 Å². The highest BCUT2D eigenvalue weighted by molar-refractivity contribution is 7.90. The third kappa shape index (κ3) is 4.22. The first-order chi connectivity index (χ1) is 17.0. The molecule has 1 aliphatic heterocycles. The molecule has 0 bridgehead atoms. The number of aromatic nitrogens is 6. The number of fused-ring (bicyclic) bond motifs is 2. The van der Waals surface area contributed by atoms with Crippen molar-refractivity contribution >= 4 is 55.1 Å². The van der Waals surface area contributed by atoms with E-state index in [1.54, 1.807) is 35.9 Å². The molecule has 5 heterocycles. The predicted molar refractivity (Wildman–Crippen MR) is 134 cm³/mol. The number of morpholine rings is 1. The molecule has 0 atom stereocenters. The van der Waals surface area contributed by atoms with Crippen molar-refractivity contribution in [1.82, 2.24) is 29.5 Å². The number of thiophene rings is 1. The van der Waals surface area contributed by atoms with Gasteiger partial charge in [-0.05, 0) is 29.6 Å². The summed E-state index contributed by atoms with van der Waals surface area (Å²) in [6, 6.07) is 6.90. The van der Waals surface area contributed by atoms with Crippen molar-refractivity contribution in [2.75, 3.05) is 42.8 Å². The van der Waals surface area contributed by atoms with Gasteiger partial charge in [0.05, 0.1) is 41.4 Å². The number of benzene rings is 1. The van der Waals surface area contributed by atoms with Gasteiger partial charge in [0.1, 0.15) is 12.2 Å². The zero-order chi connectivity index (χ0) is 24.0. The van der Waals surface area contributed by atoms with Crippen LogP contribution < -0.4 is 10.2 Å². The van der Waals surface area contributed by atoms with Gasteiger partial charge in [-0.15, -0.1) is 0 Å². The van der Waals surface area contributed by atoms with Crippen LogP contribution in [0.25, 0.3) is 27.9 Å². The van der Waals surface area contributed by atoms with E-state index in [2.05, 4.69) is 25.2 Å². The summed E-state index contributed by atoms with van der Waals surface area (Å²) in [7, 11) is -3.31. The standard InChI is InChI=1S/C22H22N8O3S2/c1-35(31,32)15-2-3-16-17(10-15)26-18(25-16)11-23-20-19-21(30(13-24-19)14-4-9-34-12-14)28-22(27-20)29-5-7-33-8-6-29/h2-4,9-10,12-13H,5-8,11H2,1H3,(H,25,26)(H,23,27,28). The van der Waals surface area contributed by atoms with Gasteiger partial charge in [-0.2, -0.15) is 21.3 Å². The fourth-order valence-corrected chi connectivity index (χ4v) is 5.29. The zero-order valence-corrected chi connectivity index (χ0v) is 20.4. The number of ether oxygens (including phenoxy) is 1. The van der Waals surface area contributed by atoms with E-state index in [9.17, 15) is 8.42 Å². The number of nitrogens with one attached hydrogen (secondary N) is 2. The average Bonchev–Trinajstić information content (AvgIpc) is 3.61. The molecule has 13 heteroatoms. The molecule has 0 aliphatic carbocycles. The molecule has 35 heavy (non-hydrogen) atoms. The number of anilines is 2. The summed E-state index contributed by atoms with van der Waals surface area (Å²) in [5.41, 5.74) is 3.72. The molecule has 5 aromatic rings. The number of rotatable bonds is 6. The SMILES string of the molecule is CS(=O)(=O)c1ccc2[nH]c(CNc3nc(N4CCOCC4)nc4c3ncn4-c3ccsc3)nc2c1. The number of H-pyrrole nitrogens is 1. The minimum absolute atomic E-state index is 0.239. The average molecular weight is 511 g/mol. The molecule has 0 unspecified atom stereocenters. The summed E-state index contributed by atoms with van der Waals surface area (Å²) in [6.07, 6.45) is 2.94. The molecule has 1 aromatic carbocycles. The second-order valence-electron chi connectivity index (χ2n) is 8.23. The second kappa shape index (κ2) is 8.59. The largest absolute Gasteiger partial charge is 0.378 e. The van der Waals surface area contributed by atoms with Gasteiger partial charge in [0.25, 0.3) is 0 Å². The summed E-state index contributed by atoms with van der Waals surface area (Å²) in [6.45, 7) is 3.03. The Morgan fingerprint density at radius 3 is 2.80 bits per heavy atom. The van der Waals surface area contributed by atoms with Crippen LogP contribution in [0.3, 0.4) is 0 Å². The molecule has 2 N–H and O–H groups in total. The minimum Gasteiger partial charge on any atom is -0.378 e. The van der Waals surface area contributed by atoms with E-state index in [1.165, 1.54) is 6.26 Å². The third-order valence-corrected chi connectivity index (χ3v) is 7.60. The maximum Gasteiger partial charge on any atom is 0.229 e. The highest BCUT2D eigenvalue weighted by Crippen LogP contribution is 2.27. The van der Waals surface area contributed by atoms with Gasteiger partial charge in [0.15, 0.2) is 26.8 Å². The Bertz CT molecular complexity index is 1620. The highest BCUT2D eigenvalue weighted by Gasteiger charge is 2.20. The van der Waals surface area contributed by atoms with Crippen LogP contribution in [0, 0.1) is 0 Å². The molecule has 1 fully saturated rings. The van der Waals surface area contributed by atoms with Crippen molar-refractivity contribution < 1.29 is 13.2 Å². The molecule has 1 aliphatic rings. The summed E-state index contributed by atoms with van der Waals surface area (Å²) in [5.74, 6) is 1.87. The topological polar surface area (TPSA) is 131 Å². The highest BCUT2D eigenvalue weighted by atomic mass is 32.2. The van der Waals surface area contributed by atoms with E-state index in [0.29, 0.717) is 67.1 Å². The van der Waals surface area contributed by atoms with E-state index in [-0.39, 0.29) is 4.90 Å². The summed E-state index contributed by atoms with van der Waals surface area (Å²) in [5, 5.41) is 7.41. The molecule has 4 aromatic heterocycles. The van der Waals surface area contributed by atoms with Crippen molar-refractivity contribution in [2.45, 2.75) is 11.4 Å². The summed E-state index contributed by atoms with van der Waals surface area (Å²) in [4.78, 5) is 24.4. The molecule has 0 amide bonds. The van der Waals surface area contributed by atoms with Crippen LogP contribution in [0.5, 0.6) is 0 Å². The number of sulfone groups is 1. The molecule has 1 saturated heterocycles. The zero-order valence-electron chi connectivity index (χ0n) is 18.8. The third-order valence-electron chi connectivity index (χ3n) is 5.82. The van der Waals surface area contributed by atoms with Crippen LogP contribution in [-0.4, -0.2) is 70.5 Å². The van der Waals surface area contributed by atoms with Gasteiger partial charge in [0, 0.05) is 24.7 Å². The number of imidazole rings is 2. The van der Waals surface area contributed by atoms with Crippen molar-refractivity contribution in [3.05, 3.63) is 47.2 Å². The predicted octanol–water partition coefficient (Wildman–Crippen LogP) is 2.61. The Morgan fingerprint density at radius 2 is 2.03 bits per heavy atom. The van der Waals surface area contributed by atoms with Crippen molar-refractivity contribution in [2.24, 2.45) is 0 Å². The second-order valence-corrected chi connectivity index (χ2v) is 11.0. The fourth-order valence-electron chi connectivity index (χ4n) is 4.02. The van der Waals surface area contributed by atoms with E-state index in [4.69, 9.17) is 14.7 Å². The minimum atomic E-state index is -3.31. The maximum absolute atomic E-state index is 11.9. The van der Waals surface area contributed by atoms with Crippen molar-refractivity contribution in [1.29, 1.82) is 0 Å². The maximum atomic E-state index is 11.9. The first-order valence-corrected chi connectivity index (χ1v) is 13.8. The van der Waals surface area contributed by atoms with Crippen LogP contribution in [0.15, 0.2) is 46.2 Å². The molecular weight excluding hydrogens is 488 g/mol. The van der Waals surface area contributed by atoms with E-state index in [1.807, 2.05) is 21.4 Å². The van der Waals surface area contributed by atoms with Gasteiger partial charge in [-0.3, -0.25) is 4.57 Å². The molecule has 0 saturated carbocycles. The Morgan fingerprint density at radius 1 is 1.17 bits per heavy atom. The summed E-state index contributed by atoms with van der Waals surface area (Å²) < 4.78 is 31.2. The lowest BCUT2D eigenvalue weighted by atomic mass is 10.3. The van der Waals surface area contributed by atoms with Crippen LogP contribution in [0.1, 0.15) is 5.82 Å². The first-order valence-electron chi connectivity index (χ1n) is 11.0. The van der Waals surface area contributed by atoms with Crippen LogP contribution in [0.4, 0.5) is 11.8 Å². The van der Waals surface area contributed by atoms with Crippen molar-refractivity contribution in [3.8, 4) is 5.69 Å². The normalized spacial score (nSPS) is 14.7. The van der Waals surface area contributed by atoms with Crippen LogP contribution in [-0.2, 0) is 21.1 Å².